The van der Waals surface area contributed by atoms with Crippen LogP contribution in [0, 0.1) is 0 Å². The van der Waals surface area contributed by atoms with Crippen LogP contribution in [0.15, 0.2) is 29.4 Å². The Bertz CT molecular complexity index is 759. The van der Waals surface area contributed by atoms with Gasteiger partial charge in [0.1, 0.15) is 10.8 Å². The molecule has 1 unspecified atom stereocenters. The third-order valence-electron chi connectivity index (χ3n) is 3.57. The van der Waals surface area contributed by atoms with Gasteiger partial charge in [0.05, 0.1) is 12.8 Å². The fourth-order valence-corrected chi connectivity index (χ4v) is 3.05. The summed E-state index contributed by atoms with van der Waals surface area (Å²) in [5, 5.41) is 16.0. The molecule has 1 amide bonds. The van der Waals surface area contributed by atoms with Gasteiger partial charge in [-0.05, 0) is 31.0 Å². The van der Waals surface area contributed by atoms with Gasteiger partial charge in [0, 0.05) is 12.8 Å². The zero-order valence-corrected chi connectivity index (χ0v) is 14.3. The van der Waals surface area contributed by atoms with E-state index in [2.05, 4.69) is 20.7 Å². The molecule has 1 atom stereocenters. The van der Waals surface area contributed by atoms with Crippen molar-refractivity contribution < 1.29 is 14.4 Å². The molecule has 1 aliphatic heterocycles. The minimum absolute atomic E-state index is 0.244. The number of carbonyl (C=O) groups excluding carboxylic acids is 1. The smallest absolute Gasteiger partial charge is 0.270 e. The molecule has 0 bridgehead atoms. The minimum Gasteiger partial charge on any atom is -0.497 e. The highest BCUT2D eigenvalue weighted by atomic mass is 32.1. The standard InChI is InChI=1S/C16H18N4O3S/c1-10-8-13(23-20-10)15(21)17-16-19-18-14(24-16)7-6-11-4-3-5-12(9-11)22-2/h3-5,9,13H,6-8H2,1-2H3,(H,17,19,21). The van der Waals surface area contributed by atoms with Crippen molar-refractivity contribution in [3.8, 4) is 5.75 Å². The van der Waals surface area contributed by atoms with E-state index in [4.69, 9.17) is 9.57 Å². The van der Waals surface area contributed by atoms with E-state index < -0.39 is 6.10 Å². The lowest BCUT2D eigenvalue weighted by molar-refractivity contribution is -0.125. The first-order valence-electron chi connectivity index (χ1n) is 7.59. The molecule has 7 nitrogen and oxygen atoms in total. The zero-order valence-electron chi connectivity index (χ0n) is 13.5. The number of nitrogens with zero attached hydrogens (tertiary/aromatic N) is 3. The summed E-state index contributed by atoms with van der Waals surface area (Å²) in [7, 11) is 1.65. The molecule has 0 spiro atoms. The van der Waals surface area contributed by atoms with E-state index in [1.165, 1.54) is 16.9 Å². The van der Waals surface area contributed by atoms with Crippen molar-refractivity contribution in [2.24, 2.45) is 5.16 Å². The number of methoxy groups -OCH3 is 1. The van der Waals surface area contributed by atoms with Crippen molar-refractivity contribution in [3.05, 3.63) is 34.8 Å². The number of rotatable bonds is 6. The Hall–Kier alpha value is -2.48. The fraction of sp³-hybridized carbons (Fsp3) is 0.375. The lowest BCUT2D eigenvalue weighted by Crippen LogP contribution is -2.27. The molecule has 2 heterocycles. The predicted molar refractivity (Wildman–Crippen MR) is 91.5 cm³/mol. The van der Waals surface area contributed by atoms with Crippen molar-refractivity contribution in [2.45, 2.75) is 32.3 Å². The van der Waals surface area contributed by atoms with E-state index >= 15 is 0 Å². The van der Waals surface area contributed by atoms with Crippen LogP contribution in [0.4, 0.5) is 5.13 Å². The van der Waals surface area contributed by atoms with Crippen LogP contribution in [0.3, 0.4) is 0 Å². The summed E-state index contributed by atoms with van der Waals surface area (Å²) < 4.78 is 5.22. The first-order valence-corrected chi connectivity index (χ1v) is 8.41. The number of hydrogen-bond donors (Lipinski definition) is 1. The van der Waals surface area contributed by atoms with E-state index in [9.17, 15) is 4.79 Å². The lowest BCUT2D eigenvalue weighted by atomic mass is 10.1. The number of aryl methyl sites for hydroxylation is 2. The van der Waals surface area contributed by atoms with Crippen LogP contribution in [0.25, 0.3) is 0 Å². The van der Waals surface area contributed by atoms with Crippen molar-refractivity contribution in [3.63, 3.8) is 0 Å². The Labute approximate surface area is 143 Å². The summed E-state index contributed by atoms with van der Waals surface area (Å²) in [6, 6.07) is 7.93. The zero-order chi connectivity index (χ0) is 16.9. The van der Waals surface area contributed by atoms with Gasteiger partial charge >= 0.3 is 0 Å². The highest BCUT2D eigenvalue weighted by Crippen LogP contribution is 2.20. The van der Waals surface area contributed by atoms with Crippen molar-refractivity contribution in [1.82, 2.24) is 10.2 Å². The third kappa shape index (κ3) is 4.08. The lowest BCUT2D eigenvalue weighted by Gasteiger charge is -2.06. The molecule has 24 heavy (non-hydrogen) atoms. The minimum atomic E-state index is -0.575. The van der Waals surface area contributed by atoms with Crippen LogP contribution in [-0.2, 0) is 22.5 Å². The van der Waals surface area contributed by atoms with Crippen molar-refractivity contribution >= 4 is 28.1 Å². The summed E-state index contributed by atoms with van der Waals surface area (Å²) in [6.07, 6.45) is 1.52. The van der Waals surface area contributed by atoms with Crippen molar-refractivity contribution in [1.29, 1.82) is 0 Å². The molecular weight excluding hydrogens is 328 g/mol. The molecule has 8 heteroatoms. The first kappa shape index (κ1) is 16.4. The number of aromatic nitrogens is 2. The molecule has 1 aromatic heterocycles. The second-order valence-corrected chi connectivity index (χ2v) is 6.53. The highest BCUT2D eigenvalue weighted by Gasteiger charge is 2.26. The molecule has 0 saturated carbocycles. The predicted octanol–water partition coefficient (Wildman–Crippen LogP) is 2.44. The third-order valence-corrected chi connectivity index (χ3v) is 4.47. The normalized spacial score (nSPS) is 16.4. The van der Waals surface area contributed by atoms with Gasteiger partial charge in [0.2, 0.25) is 11.2 Å². The van der Waals surface area contributed by atoms with Crippen LogP contribution in [-0.4, -0.2) is 35.0 Å². The van der Waals surface area contributed by atoms with Gasteiger partial charge in [-0.25, -0.2) is 0 Å². The maximum Gasteiger partial charge on any atom is 0.270 e. The maximum absolute atomic E-state index is 12.0. The molecule has 3 rings (SSSR count). The Morgan fingerprint density at radius 2 is 2.29 bits per heavy atom. The van der Waals surface area contributed by atoms with Crippen LogP contribution in [0.5, 0.6) is 5.75 Å². The quantitative estimate of drug-likeness (QED) is 0.868. The van der Waals surface area contributed by atoms with Gasteiger partial charge in [-0.1, -0.05) is 28.6 Å². The van der Waals surface area contributed by atoms with Gasteiger partial charge in [0.15, 0.2) is 0 Å². The summed E-state index contributed by atoms with van der Waals surface area (Å²) in [5.41, 5.74) is 1.98. The van der Waals surface area contributed by atoms with Gasteiger partial charge in [-0.2, -0.15) is 0 Å². The number of oxime groups is 1. The van der Waals surface area contributed by atoms with Crippen molar-refractivity contribution in [2.75, 3.05) is 12.4 Å². The number of hydrogen-bond acceptors (Lipinski definition) is 7. The SMILES string of the molecule is COc1cccc(CCc2nnc(NC(=O)C3CC(C)=NO3)s2)c1. The molecule has 126 valence electrons. The Morgan fingerprint density at radius 3 is 3.04 bits per heavy atom. The summed E-state index contributed by atoms with van der Waals surface area (Å²) in [6.45, 7) is 1.83. The summed E-state index contributed by atoms with van der Waals surface area (Å²) >= 11 is 1.37. The summed E-state index contributed by atoms with van der Waals surface area (Å²) in [4.78, 5) is 17.1. The van der Waals surface area contributed by atoms with Crippen LogP contribution >= 0.6 is 11.3 Å². The molecule has 1 aliphatic rings. The molecule has 1 aromatic carbocycles. The fourth-order valence-electron chi connectivity index (χ4n) is 2.31. The summed E-state index contributed by atoms with van der Waals surface area (Å²) in [5.74, 6) is 0.595. The van der Waals surface area contributed by atoms with Crippen LogP contribution in [0.2, 0.25) is 0 Å². The van der Waals surface area contributed by atoms with Crippen LogP contribution < -0.4 is 10.1 Å². The van der Waals surface area contributed by atoms with E-state index in [1.807, 2.05) is 31.2 Å². The van der Waals surface area contributed by atoms with E-state index in [0.717, 1.165) is 29.3 Å². The van der Waals surface area contributed by atoms with Crippen LogP contribution in [0.1, 0.15) is 23.9 Å². The Balaban J connectivity index is 1.52. The molecular formula is C16H18N4O3S. The number of amides is 1. The molecule has 0 saturated heterocycles. The average Bonchev–Trinajstić information content (AvgIpc) is 3.22. The van der Waals surface area contributed by atoms with Gasteiger partial charge < -0.3 is 9.57 Å². The Morgan fingerprint density at radius 1 is 1.42 bits per heavy atom. The number of benzene rings is 1. The molecule has 0 fully saturated rings. The number of anilines is 1. The Kier molecular flexibility index (Phi) is 5.05. The second-order valence-electron chi connectivity index (χ2n) is 5.47. The van der Waals surface area contributed by atoms with E-state index in [-0.39, 0.29) is 5.91 Å². The molecule has 1 N–H and O–H groups in total. The molecule has 0 aliphatic carbocycles. The maximum atomic E-state index is 12.0. The van der Waals surface area contributed by atoms with E-state index in [0.29, 0.717) is 11.6 Å². The topological polar surface area (TPSA) is 85.7 Å². The highest BCUT2D eigenvalue weighted by molar-refractivity contribution is 7.15. The first-order chi connectivity index (χ1) is 11.6. The molecule has 0 radical (unpaired) electrons. The van der Waals surface area contributed by atoms with Gasteiger partial charge in [-0.3, -0.25) is 10.1 Å². The van der Waals surface area contributed by atoms with E-state index in [1.54, 1.807) is 7.11 Å². The average molecular weight is 346 g/mol. The molecule has 2 aromatic rings. The largest absolute Gasteiger partial charge is 0.497 e. The number of nitrogens with one attached hydrogen (secondary N) is 1. The number of carbonyl (C=O) groups is 1. The number of ether oxygens (including phenoxy) is 1. The monoisotopic (exact) mass is 346 g/mol. The van der Waals surface area contributed by atoms with Gasteiger partial charge in [-0.15, -0.1) is 10.2 Å². The van der Waals surface area contributed by atoms with Gasteiger partial charge in [0.25, 0.3) is 5.91 Å². The second kappa shape index (κ2) is 7.39.